The van der Waals surface area contributed by atoms with Crippen LogP contribution in [0.2, 0.25) is 0 Å². The van der Waals surface area contributed by atoms with Crippen LogP contribution in [0.1, 0.15) is 39.5 Å². The molecule has 2 atom stereocenters. The van der Waals surface area contributed by atoms with Gasteiger partial charge in [0.25, 0.3) is 0 Å². The van der Waals surface area contributed by atoms with Gasteiger partial charge in [0.2, 0.25) is 0 Å². The Morgan fingerprint density at radius 1 is 1.44 bits per heavy atom. The van der Waals surface area contributed by atoms with Crippen molar-refractivity contribution in [2.75, 3.05) is 13.2 Å². The fourth-order valence-electron chi connectivity index (χ4n) is 2.05. The Kier molecular flexibility index (Phi) is 5.60. The van der Waals surface area contributed by atoms with Crippen LogP contribution in [0.5, 0.6) is 0 Å². The van der Waals surface area contributed by atoms with Gasteiger partial charge in [0.15, 0.2) is 0 Å². The van der Waals surface area contributed by atoms with Gasteiger partial charge in [0.05, 0.1) is 6.61 Å². The van der Waals surface area contributed by atoms with Crippen molar-refractivity contribution in [3.05, 3.63) is 0 Å². The van der Waals surface area contributed by atoms with Crippen LogP contribution < -0.4 is 5.32 Å². The fourth-order valence-corrected chi connectivity index (χ4v) is 2.05. The van der Waals surface area contributed by atoms with Crippen molar-refractivity contribution < 1.29 is 14.6 Å². The molecule has 0 bridgehead atoms. The highest BCUT2D eigenvalue weighted by atomic mass is 16.5. The molecule has 94 valence electrons. The average molecular weight is 229 g/mol. The van der Waals surface area contributed by atoms with Gasteiger partial charge in [-0.3, -0.25) is 0 Å². The van der Waals surface area contributed by atoms with E-state index in [4.69, 9.17) is 4.74 Å². The Morgan fingerprint density at radius 2 is 2.12 bits per heavy atom. The highest BCUT2D eigenvalue weighted by Crippen LogP contribution is 2.23. The number of alkyl carbamates (subject to hydrolysis) is 1. The summed E-state index contributed by atoms with van der Waals surface area (Å²) in [6.07, 6.45) is 3.85. The van der Waals surface area contributed by atoms with Crippen LogP contribution in [-0.2, 0) is 4.74 Å². The summed E-state index contributed by atoms with van der Waals surface area (Å²) in [5.74, 6) is 0.547. The van der Waals surface area contributed by atoms with Crippen LogP contribution >= 0.6 is 0 Å². The van der Waals surface area contributed by atoms with E-state index in [0.717, 1.165) is 25.7 Å². The van der Waals surface area contributed by atoms with E-state index in [9.17, 15) is 9.90 Å². The van der Waals surface area contributed by atoms with Crippen LogP contribution in [-0.4, -0.2) is 30.5 Å². The van der Waals surface area contributed by atoms with Crippen molar-refractivity contribution in [3.8, 4) is 0 Å². The minimum absolute atomic E-state index is 0.0819. The molecule has 0 aromatic heterocycles. The first-order valence-corrected chi connectivity index (χ1v) is 6.17. The first kappa shape index (κ1) is 13.3. The normalized spacial score (nSPS) is 25.5. The molecule has 1 rings (SSSR count). The molecular formula is C12H23NO3. The summed E-state index contributed by atoms with van der Waals surface area (Å²) < 4.78 is 5.07. The number of aliphatic hydroxyl groups excluding tert-OH is 1. The molecule has 1 fully saturated rings. The molecule has 1 aliphatic carbocycles. The Balaban J connectivity index is 2.30. The monoisotopic (exact) mass is 229 g/mol. The maximum Gasteiger partial charge on any atom is 0.407 e. The lowest BCUT2D eigenvalue weighted by atomic mass is 9.85. The van der Waals surface area contributed by atoms with Crippen LogP contribution in [0.15, 0.2) is 0 Å². The molecule has 4 nitrogen and oxygen atoms in total. The third-order valence-electron chi connectivity index (χ3n) is 2.99. The van der Waals surface area contributed by atoms with E-state index in [-0.39, 0.29) is 24.7 Å². The minimum Gasteiger partial charge on any atom is -0.449 e. The van der Waals surface area contributed by atoms with Crippen molar-refractivity contribution in [3.63, 3.8) is 0 Å². The number of amides is 1. The van der Waals surface area contributed by atoms with Crippen molar-refractivity contribution in [2.24, 2.45) is 11.8 Å². The highest BCUT2D eigenvalue weighted by molar-refractivity contribution is 5.67. The number of hydrogen-bond acceptors (Lipinski definition) is 3. The highest BCUT2D eigenvalue weighted by Gasteiger charge is 2.26. The van der Waals surface area contributed by atoms with Gasteiger partial charge >= 0.3 is 6.09 Å². The van der Waals surface area contributed by atoms with E-state index in [0.29, 0.717) is 12.5 Å². The molecule has 0 heterocycles. The number of nitrogens with one attached hydrogen (secondary N) is 1. The molecule has 16 heavy (non-hydrogen) atoms. The van der Waals surface area contributed by atoms with Gasteiger partial charge < -0.3 is 15.2 Å². The van der Waals surface area contributed by atoms with Crippen LogP contribution in [0.25, 0.3) is 0 Å². The second-order valence-electron chi connectivity index (χ2n) is 4.97. The zero-order valence-corrected chi connectivity index (χ0v) is 10.2. The molecule has 4 heteroatoms. The topological polar surface area (TPSA) is 58.6 Å². The summed E-state index contributed by atoms with van der Waals surface area (Å²) in [5, 5.41) is 12.1. The number of carbonyl (C=O) groups is 1. The fraction of sp³-hybridized carbons (Fsp3) is 0.917. The Morgan fingerprint density at radius 3 is 2.75 bits per heavy atom. The molecule has 0 aromatic rings. The lowest BCUT2D eigenvalue weighted by Crippen LogP contribution is -2.43. The van der Waals surface area contributed by atoms with Crippen molar-refractivity contribution >= 4 is 6.09 Å². The largest absolute Gasteiger partial charge is 0.449 e. The molecule has 1 saturated carbocycles. The first-order valence-electron chi connectivity index (χ1n) is 6.17. The summed E-state index contributed by atoms with van der Waals surface area (Å²) in [5.41, 5.74) is 0. The van der Waals surface area contributed by atoms with Gasteiger partial charge in [-0.05, 0) is 18.8 Å². The summed E-state index contributed by atoms with van der Waals surface area (Å²) >= 11 is 0. The van der Waals surface area contributed by atoms with E-state index in [2.05, 4.69) is 5.32 Å². The molecule has 0 saturated heterocycles. The van der Waals surface area contributed by atoms with Gasteiger partial charge in [-0.1, -0.05) is 26.7 Å². The number of rotatable bonds is 4. The molecule has 2 unspecified atom stereocenters. The molecule has 0 aromatic carbocycles. The number of hydrogen-bond donors (Lipinski definition) is 2. The third-order valence-corrected chi connectivity index (χ3v) is 2.99. The van der Waals surface area contributed by atoms with Crippen LogP contribution in [0.4, 0.5) is 4.79 Å². The van der Waals surface area contributed by atoms with Crippen LogP contribution in [0, 0.1) is 11.8 Å². The number of carbonyl (C=O) groups excluding carboxylic acids is 1. The van der Waals surface area contributed by atoms with Crippen molar-refractivity contribution in [1.29, 1.82) is 0 Å². The number of aliphatic hydroxyl groups is 1. The van der Waals surface area contributed by atoms with E-state index < -0.39 is 0 Å². The van der Waals surface area contributed by atoms with Crippen molar-refractivity contribution in [1.82, 2.24) is 5.32 Å². The maximum atomic E-state index is 11.5. The summed E-state index contributed by atoms with van der Waals surface area (Å²) in [4.78, 5) is 11.5. The standard InChI is InChI=1S/C12H23NO3/c1-9(2)8-16-12(15)13-11-6-4-3-5-10(11)7-14/h9-11,14H,3-8H2,1-2H3,(H,13,15). The van der Waals surface area contributed by atoms with Crippen molar-refractivity contribution in [2.45, 2.75) is 45.6 Å². The van der Waals surface area contributed by atoms with Crippen LogP contribution in [0.3, 0.4) is 0 Å². The first-order chi connectivity index (χ1) is 7.63. The SMILES string of the molecule is CC(C)COC(=O)NC1CCCCC1CO. The molecule has 1 amide bonds. The molecule has 2 N–H and O–H groups in total. The molecular weight excluding hydrogens is 206 g/mol. The summed E-state index contributed by atoms with van der Waals surface area (Å²) in [7, 11) is 0. The number of ether oxygens (including phenoxy) is 1. The Labute approximate surface area is 97.4 Å². The van der Waals surface area contributed by atoms with Gasteiger partial charge in [0, 0.05) is 18.6 Å². The zero-order valence-electron chi connectivity index (χ0n) is 10.2. The Bertz CT molecular complexity index is 218. The Hall–Kier alpha value is -0.770. The molecule has 0 spiro atoms. The quantitative estimate of drug-likeness (QED) is 0.774. The van der Waals surface area contributed by atoms with E-state index in [1.807, 2.05) is 13.8 Å². The van der Waals surface area contributed by atoms with E-state index in [1.54, 1.807) is 0 Å². The summed E-state index contributed by atoms with van der Waals surface area (Å²) in [6, 6.07) is 0.0819. The van der Waals surface area contributed by atoms with Gasteiger partial charge in [0.1, 0.15) is 0 Å². The summed E-state index contributed by atoms with van der Waals surface area (Å²) in [6.45, 7) is 4.60. The third kappa shape index (κ3) is 4.39. The molecule has 0 radical (unpaired) electrons. The predicted molar refractivity (Wildman–Crippen MR) is 62.2 cm³/mol. The lowest BCUT2D eigenvalue weighted by Gasteiger charge is -2.30. The lowest BCUT2D eigenvalue weighted by molar-refractivity contribution is 0.110. The zero-order chi connectivity index (χ0) is 12.0. The minimum atomic E-state index is -0.348. The van der Waals surface area contributed by atoms with E-state index >= 15 is 0 Å². The second kappa shape index (κ2) is 6.74. The maximum absolute atomic E-state index is 11.5. The van der Waals surface area contributed by atoms with E-state index in [1.165, 1.54) is 0 Å². The predicted octanol–water partition coefficient (Wildman–Crippen LogP) is 1.92. The second-order valence-corrected chi connectivity index (χ2v) is 4.97. The molecule has 0 aliphatic heterocycles. The van der Waals surface area contributed by atoms with Gasteiger partial charge in [-0.15, -0.1) is 0 Å². The molecule has 1 aliphatic rings. The van der Waals surface area contributed by atoms with Gasteiger partial charge in [-0.2, -0.15) is 0 Å². The van der Waals surface area contributed by atoms with Gasteiger partial charge in [-0.25, -0.2) is 4.79 Å². The smallest absolute Gasteiger partial charge is 0.407 e. The average Bonchev–Trinajstić information content (AvgIpc) is 2.27.